The van der Waals surface area contributed by atoms with Crippen molar-refractivity contribution in [1.82, 2.24) is 0 Å². The summed E-state index contributed by atoms with van der Waals surface area (Å²) in [5.74, 6) is -0.0745. The predicted octanol–water partition coefficient (Wildman–Crippen LogP) is 6.69. The highest BCUT2D eigenvalue weighted by atomic mass is 35.5. The number of rotatable bonds is 3. The monoisotopic (exact) mass is 444 g/mol. The van der Waals surface area contributed by atoms with Gasteiger partial charge in [0.2, 0.25) is 0 Å². The van der Waals surface area contributed by atoms with Crippen LogP contribution in [0, 0.1) is 10.3 Å². The summed E-state index contributed by atoms with van der Waals surface area (Å²) < 4.78 is 44.0. The van der Waals surface area contributed by atoms with E-state index in [1.54, 1.807) is 24.3 Å². The average Bonchev–Trinajstić information content (AvgIpc) is 2.70. The molecule has 0 fully saturated rings. The second-order valence-electron chi connectivity index (χ2n) is 6.56. The van der Waals surface area contributed by atoms with Gasteiger partial charge in [-0.3, -0.25) is 0 Å². The third-order valence-corrected chi connectivity index (χ3v) is 6.39. The number of hydrogen-bond acceptors (Lipinski definition) is 4. The van der Waals surface area contributed by atoms with Crippen LogP contribution in [-0.2, 0) is 9.84 Å². The second-order valence-corrected chi connectivity index (χ2v) is 9.39. The first-order valence-electron chi connectivity index (χ1n) is 8.57. The molecule has 3 aromatic carbocycles. The first-order chi connectivity index (χ1) is 13.8. The second kappa shape index (κ2) is 7.37. The summed E-state index contributed by atoms with van der Waals surface area (Å²) in [6, 6.07) is 18.1. The highest BCUT2D eigenvalue weighted by molar-refractivity contribution is 7.90. The Bertz CT molecular complexity index is 1410. The van der Waals surface area contributed by atoms with Crippen molar-refractivity contribution in [2.24, 2.45) is 0 Å². The Morgan fingerprint density at radius 3 is 2.28 bits per heavy atom. The van der Waals surface area contributed by atoms with Gasteiger partial charge in [-0.05, 0) is 54.1 Å². The summed E-state index contributed by atoms with van der Waals surface area (Å²) in [5.41, 5.74) is 2.44. The van der Waals surface area contributed by atoms with Crippen LogP contribution in [-0.4, -0.2) is 14.7 Å². The zero-order valence-corrected chi connectivity index (χ0v) is 17.5. The van der Waals surface area contributed by atoms with Crippen molar-refractivity contribution in [2.75, 3.05) is 6.26 Å². The Balaban J connectivity index is 2.04. The maximum atomic E-state index is 13.7. The lowest BCUT2D eigenvalue weighted by molar-refractivity contribution is 0.601. The molecule has 0 unspecified atom stereocenters. The van der Waals surface area contributed by atoms with Crippen LogP contribution >= 0.6 is 23.8 Å². The highest BCUT2D eigenvalue weighted by Gasteiger charge is 2.17. The summed E-state index contributed by atoms with van der Waals surface area (Å²) >= 11 is 11.7. The zero-order valence-electron chi connectivity index (χ0n) is 15.1. The first kappa shape index (κ1) is 19.8. The van der Waals surface area contributed by atoms with Crippen molar-refractivity contribution in [3.8, 4) is 22.5 Å². The molecule has 0 saturated carbocycles. The zero-order chi connectivity index (χ0) is 20.8. The molecule has 29 heavy (non-hydrogen) atoms. The molecule has 0 aliphatic heterocycles. The third kappa shape index (κ3) is 3.71. The molecule has 0 saturated heterocycles. The van der Waals surface area contributed by atoms with E-state index in [1.807, 2.05) is 18.2 Å². The van der Waals surface area contributed by atoms with Crippen LogP contribution in [0.5, 0.6) is 0 Å². The van der Waals surface area contributed by atoms with Gasteiger partial charge in [0.05, 0.1) is 14.4 Å². The van der Waals surface area contributed by atoms with E-state index in [1.165, 1.54) is 24.3 Å². The largest absolute Gasteiger partial charge is 0.455 e. The summed E-state index contributed by atoms with van der Waals surface area (Å²) in [4.78, 5) is 0.201. The van der Waals surface area contributed by atoms with Gasteiger partial charge in [-0.1, -0.05) is 42.0 Å². The van der Waals surface area contributed by atoms with E-state index in [0.717, 1.165) is 11.6 Å². The molecular formula is C22H14ClFO3S2. The summed E-state index contributed by atoms with van der Waals surface area (Å²) in [7, 11) is -3.33. The Labute approximate surface area is 177 Å². The first-order valence-corrected chi connectivity index (χ1v) is 11.3. The number of fused-ring (bicyclic) bond motifs is 1. The predicted molar refractivity (Wildman–Crippen MR) is 116 cm³/mol. The van der Waals surface area contributed by atoms with Crippen molar-refractivity contribution in [3.05, 3.63) is 82.1 Å². The molecule has 0 radical (unpaired) electrons. The highest BCUT2D eigenvalue weighted by Crippen LogP contribution is 2.38. The molecule has 3 nitrogen and oxygen atoms in total. The van der Waals surface area contributed by atoms with E-state index in [9.17, 15) is 12.8 Å². The van der Waals surface area contributed by atoms with Crippen LogP contribution in [0.4, 0.5) is 4.39 Å². The SMILES string of the molecule is CS(=O)(=O)c1ccc(-c2oc3ccccc3c(=S)c2-c2ccc(F)c(Cl)c2)cc1. The number of benzene rings is 3. The quantitative estimate of drug-likeness (QED) is 0.330. The van der Waals surface area contributed by atoms with E-state index < -0.39 is 15.7 Å². The fourth-order valence-electron chi connectivity index (χ4n) is 3.11. The Morgan fingerprint density at radius 1 is 0.966 bits per heavy atom. The van der Waals surface area contributed by atoms with Crippen LogP contribution in [0.25, 0.3) is 33.4 Å². The van der Waals surface area contributed by atoms with Crippen LogP contribution in [0.2, 0.25) is 5.02 Å². The van der Waals surface area contributed by atoms with E-state index in [2.05, 4.69) is 0 Å². The van der Waals surface area contributed by atoms with Gasteiger partial charge in [0.1, 0.15) is 17.2 Å². The Kier molecular flexibility index (Phi) is 5.02. The molecule has 0 N–H and O–H groups in total. The van der Waals surface area contributed by atoms with Gasteiger partial charge in [-0.25, -0.2) is 12.8 Å². The number of sulfone groups is 1. The molecule has 0 amide bonds. The van der Waals surface area contributed by atoms with Crippen molar-refractivity contribution >= 4 is 44.6 Å². The normalized spacial score (nSPS) is 11.7. The van der Waals surface area contributed by atoms with Crippen LogP contribution < -0.4 is 0 Å². The molecule has 0 atom stereocenters. The molecule has 1 heterocycles. The standard InChI is InChI=1S/C22H14ClFO3S2/c1-29(25,26)15-9-6-13(7-10-15)21-20(14-8-11-18(24)17(23)12-14)22(28)16-4-2-3-5-19(16)27-21/h2-12H,1H3. The lowest BCUT2D eigenvalue weighted by Gasteiger charge is -2.13. The summed E-state index contributed by atoms with van der Waals surface area (Å²) in [6.45, 7) is 0. The van der Waals surface area contributed by atoms with Crippen LogP contribution in [0.3, 0.4) is 0 Å². The average molecular weight is 445 g/mol. The van der Waals surface area contributed by atoms with Gasteiger partial charge in [-0.15, -0.1) is 0 Å². The van der Waals surface area contributed by atoms with Crippen LogP contribution in [0.1, 0.15) is 0 Å². The van der Waals surface area contributed by atoms with Gasteiger partial charge >= 0.3 is 0 Å². The van der Waals surface area contributed by atoms with E-state index in [0.29, 0.717) is 32.5 Å². The lowest BCUT2D eigenvalue weighted by Crippen LogP contribution is -1.96. The molecule has 4 rings (SSSR count). The van der Waals surface area contributed by atoms with Gasteiger partial charge < -0.3 is 4.42 Å². The maximum absolute atomic E-state index is 13.7. The summed E-state index contributed by atoms with van der Waals surface area (Å²) in [5, 5.41) is 0.720. The van der Waals surface area contributed by atoms with Gasteiger partial charge in [0.25, 0.3) is 0 Å². The molecule has 146 valence electrons. The molecule has 7 heteroatoms. The van der Waals surface area contributed by atoms with Gasteiger partial charge in [-0.2, -0.15) is 0 Å². The van der Waals surface area contributed by atoms with Crippen molar-refractivity contribution in [2.45, 2.75) is 4.90 Å². The molecule has 0 bridgehead atoms. The van der Waals surface area contributed by atoms with Gasteiger partial charge in [0, 0.05) is 22.8 Å². The van der Waals surface area contributed by atoms with Crippen molar-refractivity contribution < 1.29 is 17.2 Å². The minimum absolute atomic E-state index is 0.0246. The maximum Gasteiger partial charge on any atom is 0.175 e. The van der Waals surface area contributed by atoms with Crippen molar-refractivity contribution in [1.29, 1.82) is 0 Å². The molecule has 0 aliphatic carbocycles. The fraction of sp³-hybridized carbons (Fsp3) is 0.0455. The third-order valence-electron chi connectivity index (χ3n) is 4.55. The lowest BCUT2D eigenvalue weighted by atomic mass is 9.99. The number of para-hydroxylation sites is 1. The Morgan fingerprint density at radius 2 is 1.62 bits per heavy atom. The van der Waals surface area contributed by atoms with Crippen molar-refractivity contribution in [3.63, 3.8) is 0 Å². The minimum Gasteiger partial charge on any atom is -0.455 e. The molecule has 4 aromatic rings. The van der Waals surface area contributed by atoms with E-state index >= 15 is 0 Å². The number of halogens is 2. The minimum atomic E-state index is -3.33. The van der Waals surface area contributed by atoms with Crippen LogP contribution in [0.15, 0.2) is 76.0 Å². The fourth-order valence-corrected chi connectivity index (χ4v) is 4.30. The Hall–Kier alpha value is -2.54. The molecule has 0 aliphatic rings. The molecule has 1 aromatic heterocycles. The smallest absolute Gasteiger partial charge is 0.175 e. The van der Waals surface area contributed by atoms with E-state index in [4.69, 9.17) is 28.2 Å². The topological polar surface area (TPSA) is 47.3 Å². The number of hydrogen-bond donors (Lipinski definition) is 0. The van der Waals surface area contributed by atoms with Gasteiger partial charge in [0.15, 0.2) is 9.84 Å². The molecule has 0 spiro atoms. The molecular weight excluding hydrogens is 431 g/mol. The van der Waals surface area contributed by atoms with E-state index in [-0.39, 0.29) is 9.92 Å². The summed E-state index contributed by atoms with van der Waals surface area (Å²) in [6.07, 6.45) is 1.15.